The van der Waals surface area contributed by atoms with Crippen LogP contribution in [0.3, 0.4) is 0 Å². The topological polar surface area (TPSA) is 99.2 Å². The number of oxime groups is 1. The van der Waals surface area contributed by atoms with Gasteiger partial charge < -0.3 is 10.9 Å². The molecule has 0 spiro atoms. The van der Waals surface area contributed by atoms with Crippen LogP contribution in [-0.4, -0.2) is 54.8 Å². The Hall–Kier alpha value is -0.860. The van der Waals surface area contributed by atoms with E-state index in [1.807, 2.05) is 0 Å². The lowest BCUT2D eigenvalue weighted by Gasteiger charge is -2.27. The average molecular weight is 292 g/mol. The molecule has 1 fully saturated rings. The summed E-state index contributed by atoms with van der Waals surface area (Å²) in [6, 6.07) is 0. The van der Waals surface area contributed by atoms with Crippen molar-refractivity contribution in [3.8, 4) is 0 Å². The molecule has 7 nitrogen and oxygen atoms in total. The first-order valence-electron chi connectivity index (χ1n) is 6.58. The zero-order valence-corrected chi connectivity index (χ0v) is 12.4. The molecule has 0 amide bonds. The summed E-state index contributed by atoms with van der Waals surface area (Å²) in [7, 11) is -1.92. The fraction of sp³-hybridized carbons (Fsp3) is 0.909. The SMILES string of the molecule is CC(CN(C)S(=O)(=O)N1CCCCCC1)C(N)=NO. The van der Waals surface area contributed by atoms with Crippen molar-refractivity contribution in [3.63, 3.8) is 0 Å². The summed E-state index contributed by atoms with van der Waals surface area (Å²) in [5, 5.41) is 11.5. The molecular weight excluding hydrogens is 268 g/mol. The second-order valence-electron chi connectivity index (χ2n) is 5.03. The normalized spacial score (nSPS) is 21.3. The van der Waals surface area contributed by atoms with Crippen LogP contribution in [0.4, 0.5) is 0 Å². The molecule has 0 aromatic heterocycles. The van der Waals surface area contributed by atoms with E-state index < -0.39 is 10.2 Å². The Labute approximate surface area is 115 Å². The van der Waals surface area contributed by atoms with Crippen molar-refractivity contribution < 1.29 is 13.6 Å². The third kappa shape index (κ3) is 4.32. The maximum absolute atomic E-state index is 12.4. The van der Waals surface area contributed by atoms with Crippen molar-refractivity contribution in [1.82, 2.24) is 8.61 Å². The van der Waals surface area contributed by atoms with Crippen LogP contribution in [0, 0.1) is 5.92 Å². The van der Waals surface area contributed by atoms with Crippen LogP contribution in [-0.2, 0) is 10.2 Å². The van der Waals surface area contributed by atoms with Gasteiger partial charge in [-0.3, -0.25) is 0 Å². The first-order chi connectivity index (χ1) is 8.89. The second-order valence-corrected chi connectivity index (χ2v) is 7.06. The van der Waals surface area contributed by atoms with Crippen LogP contribution >= 0.6 is 0 Å². The Morgan fingerprint density at radius 3 is 2.37 bits per heavy atom. The molecule has 1 aliphatic rings. The number of nitrogens with zero attached hydrogens (tertiary/aromatic N) is 3. The summed E-state index contributed by atoms with van der Waals surface area (Å²) in [6.45, 7) is 3.08. The van der Waals surface area contributed by atoms with Gasteiger partial charge in [-0.2, -0.15) is 17.0 Å². The standard InChI is InChI=1S/C11H24N4O3S/c1-10(11(12)13-16)9-14(2)19(17,18)15-7-5-3-4-6-8-15/h10,16H,3-9H2,1-2H3,(H2,12,13). The van der Waals surface area contributed by atoms with Gasteiger partial charge in [0.15, 0.2) is 0 Å². The Morgan fingerprint density at radius 1 is 1.37 bits per heavy atom. The molecular formula is C11H24N4O3S. The van der Waals surface area contributed by atoms with Crippen molar-refractivity contribution in [2.45, 2.75) is 32.6 Å². The van der Waals surface area contributed by atoms with Crippen LogP contribution in [0.2, 0.25) is 0 Å². The lowest BCUT2D eigenvalue weighted by Crippen LogP contribution is -2.45. The van der Waals surface area contributed by atoms with Gasteiger partial charge in [0.05, 0.1) is 0 Å². The summed E-state index contributed by atoms with van der Waals surface area (Å²) < 4.78 is 27.6. The quantitative estimate of drug-likeness (QED) is 0.332. The molecule has 8 heteroatoms. The molecule has 0 aromatic rings. The maximum atomic E-state index is 12.4. The molecule has 1 saturated heterocycles. The third-order valence-corrected chi connectivity index (χ3v) is 5.39. The van der Waals surface area contributed by atoms with Crippen LogP contribution in [0.5, 0.6) is 0 Å². The highest BCUT2D eigenvalue weighted by atomic mass is 32.2. The molecule has 0 bridgehead atoms. The number of hydrogen-bond donors (Lipinski definition) is 2. The molecule has 1 unspecified atom stereocenters. The van der Waals surface area contributed by atoms with Gasteiger partial charge in [-0.05, 0) is 12.8 Å². The van der Waals surface area contributed by atoms with Gasteiger partial charge in [-0.25, -0.2) is 0 Å². The number of amidine groups is 1. The number of rotatable bonds is 5. The Kier molecular flexibility index (Phi) is 6.02. The van der Waals surface area contributed by atoms with Crippen molar-refractivity contribution in [3.05, 3.63) is 0 Å². The minimum atomic E-state index is -3.45. The molecule has 112 valence electrons. The predicted molar refractivity (Wildman–Crippen MR) is 74.2 cm³/mol. The van der Waals surface area contributed by atoms with E-state index in [0.717, 1.165) is 25.7 Å². The molecule has 0 radical (unpaired) electrons. The van der Waals surface area contributed by atoms with Gasteiger partial charge in [-0.15, -0.1) is 0 Å². The maximum Gasteiger partial charge on any atom is 0.281 e. The molecule has 1 atom stereocenters. The van der Waals surface area contributed by atoms with E-state index in [0.29, 0.717) is 13.1 Å². The summed E-state index contributed by atoms with van der Waals surface area (Å²) in [5.41, 5.74) is 5.48. The van der Waals surface area contributed by atoms with Crippen LogP contribution in [0.1, 0.15) is 32.6 Å². The fourth-order valence-corrected chi connectivity index (χ4v) is 3.67. The molecule has 1 aliphatic heterocycles. The van der Waals surface area contributed by atoms with E-state index >= 15 is 0 Å². The monoisotopic (exact) mass is 292 g/mol. The lowest BCUT2D eigenvalue weighted by atomic mass is 10.2. The molecule has 1 rings (SSSR count). The second kappa shape index (κ2) is 7.06. The molecule has 0 saturated carbocycles. The van der Waals surface area contributed by atoms with E-state index in [4.69, 9.17) is 10.9 Å². The van der Waals surface area contributed by atoms with Gasteiger partial charge in [0.1, 0.15) is 5.84 Å². The highest BCUT2D eigenvalue weighted by molar-refractivity contribution is 7.86. The Morgan fingerprint density at radius 2 is 1.89 bits per heavy atom. The Bertz CT molecular complexity index is 402. The molecule has 19 heavy (non-hydrogen) atoms. The minimum Gasteiger partial charge on any atom is -0.409 e. The summed E-state index contributed by atoms with van der Waals surface area (Å²) in [4.78, 5) is 0. The highest BCUT2D eigenvalue weighted by Gasteiger charge is 2.28. The molecule has 1 heterocycles. The van der Waals surface area contributed by atoms with Crippen LogP contribution in [0.15, 0.2) is 5.16 Å². The van der Waals surface area contributed by atoms with E-state index in [2.05, 4.69) is 5.16 Å². The van der Waals surface area contributed by atoms with E-state index in [9.17, 15) is 8.42 Å². The smallest absolute Gasteiger partial charge is 0.281 e. The van der Waals surface area contributed by atoms with Gasteiger partial charge >= 0.3 is 0 Å². The van der Waals surface area contributed by atoms with Crippen LogP contribution in [0.25, 0.3) is 0 Å². The highest BCUT2D eigenvalue weighted by Crippen LogP contribution is 2.16. The molecule has 3 N–H and O–H groups in total. The zero-order valence-electron chi connectivity index (χ0n) is 11.6. The predicted octanol–water partition coefficient (Wildman–Crippen LogP) is 0.422. The minimum absolute atomic E-state index is 0.0397. The van der Waals surface area contributed by atoms with Crippen molar-refractivity contribution in [1.29, 1.82) is 0 Å². The first kappa shape index (κ1) is 16.2. The Balaban J connectivity index is 2.70. The summed E-state index contributed by atoms with van der Waals surface area (Å²) >= 11 is 0. The summed E-state index contributed by atoms with van der Waals surface area (Å²) in [5.74, 6) is -0.283. The zero-order chi connectivity index (χ0) is 14.5. The van der Waals surface area contributed by atoms with Gasteiger partial charge in [-0.1, -0.05) is 24.9 Å². The average Bonchev–Trinajstić information content (AvgIpc) is 2.66. The fourth-order valence-electron chi connectivity index (χ4n) is 2.14. The van der Waals surface area contributed by atoms with Gasteiger partial charge in [0.25, 0.3) is 10.2 Å². The number of nitrogens with two attached hydrogens (primary N) is 1. The van der Waals surface area contributed by atoms with Crippen molar-refractivity contribution in [2.24, 2.45) is 16.8 Å². The van der Waals surface area contributed by atoms with Gasteiger partial charge in [0, 0.05) is 32.6 Å². The lowest BCUT2D eigenvalue weighted by molar-refractivity contribution is 0.310. The van der Waals surface area contributed by atoms with E-state index in [-0.39, 0.29) is 18.3 Å². The number of hydrogen-bond acceptors (Lipinski definition) is 4. The van der Waals surface area contributed by atoms with Crippen molar-refractivity contribution >= 4 is 16.0 Å². The van der Waals surface area contributed by atoms with E-state index in [1.54, 1.807) is 6.92 Å². The van der Waals surface area contributed by atoms with Crippen molar-refractivity contribution in [2.75, 3.05) is 26.7 Å². The van der Waals surface area contributed by atoms with Crippen LogP contribution < -0.4 is 5.73 Å². The summed E-state index contributed by atoms with van der Waals surface area (Å²) in [6.07, 6.45) is 3.97. The first-order valence-corrected chi connectivity index (χ1v) is 7.98. The molecule has 0 aromatic carbocycles. The van der Waals surface area contributed by atoms with E-state index in [1.165, 1.54) is 15.7 Å². The van der Waals surface area contributed by atoms with Gasteiger partial charge in [0.2, 0.25) is 0 Å². The third-order valence-electron chi connectivity index (χ3n) is 3.44. The molecule has 0 aliphatic carbocycles. The largest absolute Gasteiger partial charge is 0.409 e.